The Labute approximate surface area is 197 Å². The van der Waals surface area contributed by atoms with Crippen molar-refractivity contribution in [3.63, 3.8) is 0 Å². The lowest BCUT2D eigenvalue weighted by molar-refractivity contribution is -0.118. The van der Waals surface area contributed by atoms with E-state index in [9.17, 15) is 4.79 Å². The van der Waals surface area contributed by atoms with Gasteiger partial charge in [0.05, 0.1) is 17.4 Å². The molecule has 0 bridgehead atoms. The molecular weight excluding hydrogens is 408 g/mol. The van der Waals surface area contributed by atoms with Crippen molar-refractivity contribution in [2.75, 3.05) is 5.32 Å². The first-order chi connectivity index (χ1) is 15.8. The molecule has 4 N–H and O–H groups in total. The Kier molecular flexibility index (Phi) is 8.23. The quantitative estimate of drug-likeness (QED) is 0.368. The fraction of sp³-hybridized carbons (Fsp3) is 0.357. The maximum atomic E-state index is 13.3. The number of para-hydroxylation sites is 1. The molecule has 0 fully saturated rings. The Morgan fingerprint density at radius 1 is 1.12 bits per heavy atom. The summed E-state index contributed by atoms with van der Waals surface area (Å²) in [7, 11) is 0. The summed E-state index contributed by atoms with van der Waals surface area (Å²) in [6.07, 6.45) is 5.11. The van der Waals surface area contributed by atoms with E-state index < -0.39 is 6.04 Å². The van der Waals surface area contributed by atoms with Gasteiger partial charge in [0.2, 0.25) is 5.91 Å². The zero-order chi connectivity index (χ0) is 23.8. The number of aryl methyl sites for hydroxylation is 1. The number of benzene rings is 2. The molecule has 5 nitrogen and oxygen atoms in total. The van der Waals surface area contributed by atoms with Crippen LogP contribution in [-0.2, 0) is 11.2 Å². The van der Waals surface area contributed by atoms with Gasteiger partial charge in [-0.05, 0) is 42.4 Å². The van der Waals surface area contributed by atoms with Crippen LogP contribution in [0.4, 0.5) is 5.69 Å². The molecule has 0 aliphatic rings. The highest BCUT2D eigenvalue weighted by atomic mass is 16.2. The number of nitrogens with two attached hydrogens (primary N) is 1. The highest BCUT2D eigenvalue weighted by Gasteiger charge is 2.30. The molecule has 1 heterocycles. The maximum absolute atomic E-state index is 13.3. The Morgan fingerprint density at radius 2 is 1.82 bits per heavy atom. The lowest BCUT2D eigenvalue weighted by atomic mass is 9.79. The SMILES string of the molecule is C=C(NC(CCc1ccccc1)C(=O)Nc1cnc2ccccc2c1)[C@@H](N)C(C)(C)CCC. The van der Waals surface area contributed by atoms with Gasteiger partial charge in [-0.2, -0.15) is 0 Å². The Morgan fingerprint density at radius 3 is 2.55 bits per heavy atom. The van der Waals surface area contributed by atoms with E-state index in [0.29, 0.717) is 17.8 Å². The first-order valence-electron chi connectivity index (χ1n) is 11.7. The van der Waals surface area contributed by atoms with E-state index in [4.69, 9.17) is 5.73 Å². The molecule has 5 heteroatoms. The van der Waals surface area contributed by atoms with Crippen molar-refractivity contribution in [1.29, 1.82) is 0 Å². The number of pyridine rings is 1. The highest BCUT2D eigenvalue weighted by Crippen LogP contribution is 2.28. The Hall–Kier alpha value is -3.18. The van der Waals surface area contributed by atoms with E-state index in [-0.39, 0.29) is 17.4 Å². The van der Waals surface area contributed by atoms with Gasteiger partial charge < -0.3 is 16.4 Å². The number of nitrogens with one attached hydrogen (secondary N) is 2. The van der Waals surface area contributed by atoms with Crippen molar-refractivity contribution in [3.05, 3.63) is 84.7 Å². The number of rotatable bonds is 11. The van der Waals surface area contributed by atoms with Crippen molar-refractivity contribution < 1.29 is 4.79 Å². The van der Waals surface area contributed by atoms with Crippen LogP contribution in [0.15, 0.2) is 79.1 Å². The fourth-order valence-electron chi connectivity index (χ4n) is 4.18. The molecule has 0 saturated heterocycles. The fourth-order valence-corrected chi connectivity index (χ4v) is 4.18. The van der Waals surface area contributed by atoms with Crippen LogP contribution in [0.3, 0.4) is 0 Å². The predicted molar refractivity (Wildman–Crippen MR) is 138 cm³/mol. The van der Waals surface area contributed by atoms with Gasteiger partial charge in [0, 0.05) is 17.1 Å². The summed E-state index contributed by atoms with van der Waals surface area (Å²) in [4.78, 5) is 17.8. The molecule has 3 rings (SSSR count). The van der Waals surface area contributed by atoms with E-state index >= 15 is 0 Å². The Balaban J connectivity index is 1.75. The molecule has 0 aliphatic heterocycles. The van der Waals surface area contributed by atoms with E-state index in [1.165, 1.54) is 5.56 Å². The number of carbonyl (C=O) groups excluding carboxylic acids is 1. The van der Waals surface area contributed by atoms with Gasteiger partial charge in [0.15, 0.2) is 0 Å². The second kappa shape index (κ2) is 11.1. The largest absolute Gasteiger partial charge is 0.376 e. The van der Waals surface area contributed by atoms with Gasteiger partial charge in [-0.3, -0.25) is 9.78 Å². The molecule has 1 aromatic heterocycles. The van der Waals surface area contributed by atoms with Gasteiger partial charge in [-0.25, -0.2) is 0 Å². The normalized spacial score (nSPS) is 13.3. The molecule has 0 radical (unpaired) electrons. The van der Waals surface area contributed by atoms with Crippen molar-refractivity contribution in [2.45, 2.75) is 58.5 Å². The number of nitrogens with zero attached hydrogens (tertiary/aromatic N) is 1. The van der Waals surface area contributed by atoms with Crippen LogP contribution in [-0.4, -0.2) is 23.0 Å². The summed E-state index contributed by atoms with van der Waals surface area (Å²) in [5, 5.41) is 7.37. The number of amides is 1. The zero-order valence-corrected chi connectivity index (χ0v) is 20.0. The maximum Gasteiger partial charge on any atom is 0.246 e. The molecule has 174 valence electrons. The van der Waals surface area contributed by atoms with Gasteiger partial charge >= 0.3 is 0 Å². The molecule has 1 unspecified atom stereocenters. The molecular formula is C28H36N4O. The van der Waals surface area contributed by atoms with Crippen molar-refractivity contribution >= 4 is 22.5 Å². The molecule has 33 heavy (non-hydrogen) atoms. The molecule has 1 amide bonds. The number of hydrogen-bond acceptors (Lipinski definition) is 4. The van der Waals surface area contributed by atoms with Crippen LogP contribution in [0.2, 0.25) is 0 Å². The van der Waals surface area contributed by atoms with Crippen molar-refractivity contribution in [3.8, 4) is 0 Å². The lowest BCUT2D eigenvalue weighted by Gasteiger charge is -2.34. The van der Waals surface area contributed by atoms with Crippen LogP contribution in [0.5, 0.6) is 0 Å². The first kappa shape index (κ1) is 24.5. The number of carbonyl (C=O) groups is 1. The standard InChI is InChI=1S/C28H36N4O/c1-5-17-28(3,4)26(29)20(2)31-25(16-15-21-11-7-6-8-12-21)27(33)32-23-18-22-13-9-10-14-24(22)30-19-23/h6-14,18-19,25-26,31H,2,5,15-17,29H2,1,3-4H3,(H,32,33)/t25?,26-/m1/s1. The molecule has 2 aromatic carbocycles. The lowest BCUT2D eigenvalue weighted by Crippen LogP contribution is -2.48. The minimum absolute atomic E-state index is 0.110. The summed E-state index contributed by atoms with van der Waals surface area (Å²) in [5.41, 5.74) is 9.88. The summed E-state index contributed by atoms with van der Waals surface area (Å²) in [5.74, 6) is -0.121. The third-order valence-corrected chi connectivity index (χ3v) is 6.21. The van der Waals surface area contributed by atoms with Gasteiger partial charge in [0.25, 0.3) is 0 Å². The van der Waals surface area contributed by atoms with E-state index in [1.54, 1.807) is 6.20 Å². The van der Waals surface area contributed by atoms with Crippen molar-refractivity contribution in [1.82, 2.24) is 10.3 Å². The van der Waals surface area contributed by atoms with E-state index in [2.05, 4.69) is 55.1 Å². The zero-order valence-electron chi connectivity index (χ0n) is 20.0. The van der Waals surface area contributed by atoms with Crippen LogP contribution >= 0.6 is 0 Å². The number of hydrogen-bond donors (Lipinski definition) is 3. The summed E-state index contributed by atoms with van der Waals surface area (Å²) in [6.45, 7) is 10.6. The molecule has 0 aliphatic carbocycles. The minimum Gasteiger partial charge on any atom is -0.376 e. The van der Waals surface area contributed by atoms with E-state index in [1.807, 2.05) is 48.5 Å². The first-order valence-corrected chi connectivity index (χ1v) is 11.7. The van der Waals surface area contributed by atoms with Gasteiger partial charge in [-0.15, -0.1) is 0 Å². The second-order valence-corrected chi connectivity index (χ2v) is 9.37. The smallest absolute Gasteiger partial charge is 0.246 e. The number of anilines is 1. The summed E-state index contributed by atoms with van der Waals surface area (Å²) in [6, 6.07) is 19.2. The van der Waals surface area contributed by atoms with Gasteiger partial charge in [-0.1, -0.05) is 82.3 Å². The topological polar surface area (TPSA) is 80.0 Å². The summed E-state index contributed by atoms with van der Waals surface area (Å²) < 4.78 is 0. The predicted octanol–water partition coefficient (Wildman–Crippen LogP) is 5.43. The van der Waals surface area contributed by atoms with Crippen LogP contribution in [0, 0.1) is 5.41 Å². The van der Waals surface area contributed by atoms with Crippen LogP contribution in [0.25, 0.3) is 10.9 Å². The average molecular weight is 445 g/mol. The summed E-state index contributed by atoms with van der Waals surface area (Å²) >= 11 is 0. The monoisotopic (exact) mass is 444 g/mol. The molecule has 0 saturated carbocycles. The highest BCUT2D eigenvalue weighted by molar-refractivity contribution is 5.96. The molecule has 0 spiro atoms. The third-order valence-electron chi connectivity index (χ3n) is 6.21. The Bertz CT molecular complexity index is 1080. The van der Waals surface area contributed by atoms with E-state index in [0.717, 1.165) is 30.2 Å². The average Bonchev–Trinajstić information content (AvgIpc) is 2.81. The van der Waals surface area contributed by atoms with Gasteiger partial charge in [0.1, 0.15) is 6.04 Å². The third kappa shape index (κ3) is 6.65. The minimum atomic E-state index is -0.465. The number of aromatic nitrogens is 1. The second-order valence-electron chi connectivity index (χ2n) is 9.37. The molecule has 3 aromatic rings. The van der Waals surface area contributed by atoms with Crippen molar-refractivity contribution in [2.24, 2.45) is 11.1 Å². The van der Waals surface area contributed by atoms with Crippen LogP contribution < -0.4 is 16.4 Å². The van der Waals surface area contributed by atoms with Crippen LogP contribution in [0.1, 0.15) is 45.6 Å². The number of fused-ring (bicyclic) bond motifs is 1. The molecule has 2 atom stereocenters.